The molecule has 0 aromatic carbocycles. The van der Waals surface area contributed by atoms with Crippen molar-refractivity contribution in [2.45, 2.75) is 25.9 Å². The van der Waals surface area contributed by atoms with Crippen LogP contribution < -0.4 is 0 Å². The van der Waals surface area contributed by atoms with Gasteiger partial charge in [0, 0.05) is 6.20 Å². The van der Waals surface area contributed by atoms with Gasteiger partial charge in [-0.05, 0) is 43.7 Å². The van der Waals surface area contributed by atoms with Gasteiger partial charge in [-0.15, -0.1) is 0 Å². The second-order valence-corrected chi connectivity index (χ2v) is 6.34. The number of hydrogen-bond donors (Lipinski definition) is 0. The molecule has 0 bridgehead atoms. The van der Waals surface area contributed by atoms with Crippen LogP contribution in [0.15, 0.2) is 37.1 Å². The second-order valence-electron chi connectivity index (χ2n) is 5.95. The minimum atomic E-state index is -0.253. The standard InChI is InChI=1S/C18H19ClN4O2/c1-4-18(24)23-11(2)9-25-10-16(23)13-7-15(22-17(19)8-13)14-5-6-20-12(3)21-14/h4-8,11,16H,1,9-10H2,2-3H3/t11-,16+/m1/s1. The largest absolute Gasteiger partial charge is 0.377 e. The molecule has 7 heteroatoms. The molecule has 6 nitrogen and oxygen atoms in total. The van der Waals surface area contributed by atoms with E-state index in [2.05, 4.69) is 21.5 Å². The number of hydrogen-bond acceptors (Lipinski definition) is 5. The number of pyridine rings is 1. The van der Waals surface area contributed by atoms with Crippen LogP contribution in [0.3, 0.4) is 0 Å². The maximum absolute atomic E-state index is 12.3. The lowest BCUT2D eigenvalue weighted by atomic mass is 10.0. The topological polar surface area (TPSA) is 68.2 Å². The van der Waals surface area contributed by atoms with E-state index < -0.39 is 0 Å². The molecule has 1 amide bonds. The number of rotatable bonds is 3. The Hall–Kier alpha value is -2.31. The van der Waals surface area contributed by atoms with E-state index in [1.807, 2.05) is 19.9 Å². The van der Waals surface area contributed by atoms with Gasteiger partial charge in [-0.2, -0.15) is 0 Å². The third-order valence-electron chi connectivity index (χ3n) is 4.11. The van der Waals surface area contributed by atoms with Crippen LogP contribution in [-0.4, -0.2) is 45.0 Å². The summed E-state index contributed by atoms with van der Waals surface area (Å²) in [5.41, 5.74) is 2.17. The zero-order valence-corrected chi connectivity index (χ0v) is 14.9. The fourth-order valence-corrected chi connectivity index (χ4v) is 3.21. The van der Waals surface area contributed by atoms with E-state index >= 15 is 0 Å². The highest BCUT2D eigenvalue weighted by Crippen LogP contribution is 2.31. The average molecular weight is 359 g/mol. The van der Waals surface area contributed by atoms with E-state index in [1.54, 1.807) is 23.2 Å². The third-order valence-corrected chi connectivity index (χ3v) is 4.31. The Morgan fingerprint density at radius 2 is 2.16 bits per heavy atom. The lowest BCUT2D eigenvalue weighted by molar-refractivity contribution is -0.140. The zero-order valence-electron chi connectivity index (χ0n) is 14.1. The van der Waals surface area contributed by atoms with Crippen LogP contribution in [0.5, 0.6) is 0 Å². The Morgan fingerprint density at radius 3 is 2.88 bits per heavy atom. The normalized spacial score (nSPS) is 20.4. The SMILES string of the molecule is C=CC(=O)N1[C@H](C)COC[C@H]1c1cc(Cl)nc(-c2ccnc(C)n2)c1. The van der Waals surface area contributed by atoms with Gasteiger partial charge in [0.05, 0.1) is 36.7 Å². The van der Waals surface area contributed by atoms with Crippen molar-refractivity contribution >= 4 is 17.5 Å². The minimum absolute atomic E-state index is 0.0547. The lowest BCUT2D eigenvalue weighted by Gasteiger charge is -2.40. The number of carbonyl (C=O) groups excluding carboxylic acids is 1. The maximum Gasteiger partial charge on any atom is 0.246 e. The van der Waals surface area contributed by atoms with E-state index in [0.29, 0.717) is 35.6 Å². The highest BCUT2D eigenvalue weighted by atomic mass is 35.5. The first-order chi connectivity index (χ1) is 12.0. The maximum atomic E-state index is 12.3. The molecule has 25 heavy (non-hydrogen) atoms. The number of amides is 1. The monoisotopic (exact) mass is 358 g/mol. The molecule has 1 fully saturated rings. The molecule has 3 heterocycles. The summed E-state index contributed by atoms with van der Waals surface area (Å²) in [7, 11) is 0. The fourth-order valence-electron chi connectivity index (χ4n) is 2.99. The molecule has 0 spiro atoms. The van der Waals surface area contributed by atoms with E-state index in [9.17, 15) is 4.79 Å². The Balaban J connectivity index is 2.04. The van der Waals surface area contributed by atoms with Crippen LogP contribution in [0.25, 0.3) is 11.4 Å². The first-order valence-electron chi connectivity index (χ1n) is 7.99. The van der Waals surface area contributed by atoms with Crippen LogP contribution in [0.1, 0.15) is 24.4 Å². The Kier molecular flexibility index (Phi) is 5.11. The highest BCUT2D eigenvalue weighted by molar-refractivity contribution is 6.29. The van der Waals surface area contributed by atoms with Gasteiger partial charge >= 0.3 is 0 Å². The molecule has 0 aliphatic carbocycles. The summed E-state index contributed by atoms with van der Waals surface area (Å²) >= 11 is 6.24. The molecule has 0 radical (unpaired) electrons. The molecule has 1 saturated heterocycles. The average Bonchev–Trinajstić information content (AvgIpc) is 2.60. The van der Waals surface area contributed by atoms with E-state index in [1.165, 1.54) is 6.08 Å². The molecule has 1 aliphatic rings. The summed E-state index contributed by atoms with van der Waals surface area (Å²) in [6.45, 7) is 8.26. The zero-order chi connectivity index (χ0) is 18.0. The molecule has 2 aromatic heterocycles. The van der Waals surface area contributed by atoms with Crippen molar-refractivity contribution in [3.63, 3.8) is 0 Å². The van der Waals surface area contributed by atoms with Crippen molar-refractivity contribution in [2.24, 2.45) is 0 Å². The van der Waals surface area contributed by atoms with Gasteiger partial charge < -0.3 is 9.64 Å². The predicted octanol–water partition coefficient (Wildman–Crippen LogP) is 2.97. The number of aryl methyl sites for hydroxylation is 1. The van der Waals surface area contributed by atoms with Gasteiger partial charge in [-0.1, -0.05) is 18.2 Å². The summed E-state index contributed by atoms with van der Waals surface area (Å²) in [4.78, 5) is 27.0. The Labute approximate surface area is 151 Å². The quantitative estimate of drug-likeness (QED) is 0.623. The Morgan fingerprint density at radius 1 is 1.36 bits per heavy atom. The minimum Gasteiger partial charge on any atom is -0.377 e. The van der Waals surface area contributed by atoms with Gasteiger partial charge in [-0.3, -0.25) is 4.79 Å². The summed E-state index contributed by atoms with van der Waals surface area (Å²) in [5.74, 6) is 0.520. The van der Waals surface area contributed by atoms with E-state index in [4.69, 9.17) is 16.3 Å². The first-order valence-corrected chi connectivity index (χ1v) is 8.37. The number of nitrogens with zero attached hydrogens (tertiary/aromatic N) is 4. The van der Waals surface area contributed by atoms with E-state index in [-0.39, 0.29) is 18.0 Å². The van der Waals surface area contributed by atoms with Gasteiger partial charge in [0.2, 0.25) is 5.91 Å². The van der Waals surface area contributed by atoms with Crippen LogP contribution >= 0.6 is 11.6 Å². The summed E-state index contributed by atoms with van der Waals surface area (Å²) in [6.07, 6.45) is 3.01. The predicted molar refractivity (Wildman–Crippen MR) is 95.1 cm³/mol. The van der Waals surface area contributed by atoms with Crippen molar-refractivity contribution in [1.82, 2.24) is 19.9 Å². The van der Waals surface area contributed by atoms with Gasteiger partial charge in [-0.25, -0.2) is 15.0 Å². The molecule has 2 aromatic rings. The lowest BCUT2D eigenvalue weighted by Crippen LogP contribution is -2.48. The number of aromatic nitrogens is 3. The van der Waals surface area contributed by atoms with E-state index in [0.717, 1.165) is 5.56 Å². The molecule has 3 rings (SSSR count). The molecule has 0 N–H and O–H groups in total. The Bertz CT molecular complexity index is 811. The highest BCUT2D eigenvalue weighted by Gasteiger charge is 2.32. The van der Waals surface area contributed by atoms with Crippen LogP contribution in [0.4, 0.5) is 0 Å². The van der Waals surface area contributed by atoms with Crippen molar-refractivity contribution in [3.05, 3.63) is 53.6 Å². The summed E-state index contributed by atoms with van der Waals surface area (Å²) < 4.78 is 5.66. The number of morpholine rings is 1. The van der Waals surface area contributed by atoms with Crippen molar-refractivity contribution < 1.29 is 9.53 Å². The first kappa shape index (κ1) is 17.5. The number of halogens is 1. The summed E-state index contributed by atoms with van der Waals surface area (Å²) in [6, 6.07) is 5.12. The molecule has 130 valence electrons. The van der Waals surface area contributed by atoms with Gasteiger partial charge in [0.25, 0.3) is 0 Å². The molecule has 0 saturated carbocycles. The number of carbonyl (C=O) groups is 1. The van der Waals surface area contributed by atoms with Gasteiger partial charge in [0.1, 0.15) is 11.0 Å². The van der Waals surface area contributed by atoms with Gasteiger partial charge in [0.15, 0.2) is 0 Å². The second kappa shape index (κ2) is 7.29. The van der Waals surface area contributed by atoms with Crippen molar-refractivity contribution in [3.8, 4) is 11.4 Å². The third kappa shape index (κ3) is 3.70. The van der Waals surface area contributed by atoms with Crippen LogP contribution in [0.2, 0.25) is 5.15 Å². The number of ether oxygens (including phenoxy) is 1. The van der Waals surface area contributed by atoms with Crippen LogP contribution in [-0.2, 0) is 9.53 Å². The molecule has 2 atom stereocenters. The van der Waals surface area contributed by atoms with Crippen molar-refractivity contribution in [2.75, 3.05) is 13.2 Å². The smallest absolute Gasteiger partial charge is 0.246 e. The van der Waals surface area contributed by atoms with Crippen LogP contribution in [0, 0.1) is 6.92 Å². The van der Waals surface area contributed by atoms with Crippen molar-refractivity contribution in [1.29, 1.82) is 0 Å². The fraction of sp³-hybridized carbons (Fsp3) is 0.333. The molecule has 0 unspecified atom stereocenters. The molecule has 1 aliphatic heterocycles. The summed E-state index contributed by atoms with van der Waals surface area (Å²) in [5, 5.41) is 0.341. The molecular formula is C18H19ClN4O2. The molecular weight excluding hydrogens is 340 g/mol.